The van der Waals surface area contributed by atoms with Gasteiger partial charge in [0.05, 0.1) is 17.7 Å². The number of nitrogens with one attached hydrogen (secondary N) is 1. The lowest BCUT2D eigenvalue weighted by Gasteiger charge is -2.21. The molecule has 0 saturated carbocycles. The van der Waals surface area contributed by atoms with E-state index in [9.17, 15) is 13.2 Å². The molecule has 0 bridgehead atoms. The SMILES string of the molecule is COc1ccc(S(=O)(=O)N2CCCCCC2)cc1NC(=O)COc1ccc(Br)cc1. The van der Waals surface area contributed by atoms with Gasteiger partial charge in [0.2, 0.25) is 10.0 Å². The maximum atomic E-state index is 13.1. The Hall–Kier alpha value is -2.10. The van der Waals surface area contributed by atoms with Gasteiger partial charge in [-0.15, -0.1) is 0 Å². The number of methoxy groups -OCH3 is 1. The average Bonchev–Trinajstić information content (AvgIpc) is 3.03. The summed E-state index contributed by atoms with van der Waals surface area (Å²) in [5.41, 5.74) is 0.290. The summed E-state index contributed by atoms with van der Waals surface area (Å²) < 4.78 is 39.3. The van der Waals surface area contributed by atoms with Gasteiger partial charge < -0.3 is 14.8 Å². The van der Waals surface area contributed by atoms with Crippen molar-refractivity contribution in [3.8, 4) is 11.5 Å². The highest BCUT2D eigenvalue weighted by Gasteiger charge is 2.26. The van der Waals surface area contributed by atoms with E-state index >= 15 is 0 Å². The molecule has 1 aliphatic rings. The summed E-state index contributed by atoms with van der Waals surface area (Å²) in [5, 5.41) is 2.69. The molecule has 1 saturated heterocycles. The van der Waals surface area contributed by atoms with E-state index in [0.717, 1.165) is 30.2 Å². The lowest BCUT2D eigenvalue weighted by molar-refractivity contribution is -0.118. The Morgan fingerprint density at radius 2 is 1.73 bits per heavy atom. The lowest BCUT2D eigenvalue weighted by atomic mass is 10.2. The minimum atomic E-state index is -3.64. The van der Waals surface area contributed by atoms with Crippen LogP contribution in [0.3, 0.4) is 0 Å². The Morgan fingerprint density at radius 1 is 1.07 bits per heavy atom. The van der Waals surface area contributed by atoms with Crippen molar-refractivity contribution in [3.05, 3.63) is 46.9 Å². The Bertz CT molecular complexity index is 971. The maximum Gasteiger partial charge on any atom is 0.262 e. The topological polar surface area (TPSA) is 84.9 Å². The fourth-order valence-electron chi connectivity index (χ4n) is 3.24. The molecule has 0 atom stereocenters. The maximum absolute atomic E-state index is 13.1. The fourth-order valence-corrected chi connectivity index (χ4v) is 5.05. The molecule has 0 aliphatic carbocycles. The van der Waals surface area contributed by atoms with Crippen LogP contribution in [0.15, 0.2) is 51.8 Å². The van der Waals surface area contributed by atoms with Crippen LogP contribution < -0.4 is 14.8 Å². The van der Waals surface area contributed by atoms with E-state index in [1.807, 2.05) is 12.1 Å². The predicted octanol–water partition coefficient (Wildman–Crippen LogP) is 4.04. The Morgan fingerprint density at radius 3 is 2.37 bits per heavy atom. The summed E-state index contributed by atoms with van der Waals surface area (Å²) in [6.07, 6.45) is 3.78. The Balaban J connectivity index is 1.73. The Kier molecular flexibility index (Phi) is 7.74. The molecular weight excluding hydrogens is 472 g/mol. The molecule has 1 aliphatic heterocycles. The van der Waals surface area contributed by atoms with E-state index in [2.05, 4.69) is 21.2 Å². The molecule has 3 rings (SSSR count). The summed E-state index contributed by atoms with van der Waals surface area (Å²) >= 11 is 3.34. The van der Waals surface area contributed by atoms with Gasteiger partial charge in [-0.25, -0.2) is 8.42 Å². The molecule has 162 valence electrons. The molecule has 1 amide bonds. The van der Waals surface area contributed by atoms with Gasteiger partial charge in [-0.05, 0) is 55.3 Å². The average molecular weight is 497 g/mol. The van der Waals surface area contributed by atoms with Gasteiger partial charge in [0.1, 0.15) is 11.5 Å². The zero-order valence-corrected chi connectivity index (χ0v) is 19.2. The number of anilines is 1. The zero-order valence-electron chi connectivity index (χ0n) is 16.8. The van der Waals surface area contributed by atoms with E-state index in [-0.39, 0.29) is 17.2 Å². The fraction of sp³-hybridized carbons (Fsp3) is 0.381. The second kappa shape index (κ2) is 10.3. The number of carbonyl (C=O) groups excluding carboxylic acids is 1. The van der Waals surface area contributed by atoms with Gasteiger partial charge in [-0.3, -0.25) is 4.79 Å². The molecule has 30 heavy (non-hydrogen) atoms. The van der Waals surface area contributed by atoms with Crippen LogP contribution in [0.4, 0.5) is 5.69 Å². The zero-order chi connectivity index (χ0) is 21.6. The second-order valence-electron chi connectivity index (χ2n) is 6.97. The number of nitrogens with zero attached hydrogens (tertiary/aromatic N) is 1. The van der Waals surface area contributed by atoms with Gasteiger partial charge in [-0.1, -0.05) is 28.8 Å². The summed E-state index contributed by atoms with van der Waals surface area (Å²) in [5.74, 6) is 0.514. The third-order valence-corrected chi connectivity index (χ3v) is 7.25. The lowest BCUT2D eigenvalue weighted by Crippen LogP contribution is -2.32. The highest BCUT2D eigenvalue weighted by molar-refractivity contribution is 9.10. The second-order valence-corrected chi connectivity index (χ2v) is 9.82. The van der Waals surface area contributed by atoms with Crippen molar-refractivity contribution in [1.82, 2.24) is 4.31 Å². The van der Waals surface area contributed by atoms with Gasteiger partial charge in [0.15, 0.2) is 6.61 Å². The standard InChI is InChI=1S/C21H25BrN2O5S/c1-28-20-11-10-18(30(26,27)24-12-4-2-3-5-13-24)14-19(20)23-21(25)15-29-17-8-6-16(22)7-9-17/h6-11,14H,2-5,12-13,15H2,1H3,(H,23,25). The van der Waals surface area contributed by atoms with Crippen LogP contribution in [0, 0.1) is 0 Å². The van der Waals surface area contributed by atoms with Crippen molar-refractivity contribution in [2.75, 3.05) is 32.1 Å². The minimum absolute atomic E-state index is 0.134. The molecule has 1 N–H and O–H groups in total. The van der Waals surface area contributed by atoms with Crippen LogP contribution in [0.25, 0.3) is 0 Å². The number of ether oxygens (including phenoxy) is 2. The van der Waals surface area contributed by atoms with E-state index in [0.29, 0.717) is 24.6 Å². The summed E-state index contributed by atoms with van der Waals surface area (Å²) in [7, 11) is -2.17. The monoisotopic (exact) mass is 496 g/mol. The molecule has 9 heteroatoms. The van der Waals surface area contributed by atoms with Crippen LogP contribution in [0.2, 0.25) is 0 Å². The molecule has 2 aromatic rings. The smallest absolute Gasteiger partial charge is 0.262 e. The number of hydrogen-bond acceptors (Lipinski definition) is 5. The first-order chi connectivity index (χ1) is 14.4. The molecule has 0 aromatic heterocycles. The third-order valence-electron chi connectivity index (χ3n) is 4.83. The van der Waals surface area contributed by atoms with Crippen molar-refractivity contribution < 1.29 is 22.7 Å². The first-order valence-corrected chi connectivity index (χ1v) is 12.0. The molecule has 0 radical (unpaired) electrons. The highest BCUT2D eigenvalue weighted by atomic mass is 79.9. The number of rotatable bonds is 7. The minimum Gasteiger partial charge on any atom is -0.495 e. The van der Waals surface area contributed by atoms with Crippen LogP contribution >= 0.6 is 15.9 Å². The summed E-state index contributed by atoms with van der Waals surface area (Å²) in [4.78, 5) is 12.5. The molecule has 2 aromatic carbocycles. The van der Waals surface area contributed by atoms with Crippen molar-refractivity contribution >= 4 is 37.5 Å². The quantitative estimate of drug-likeness (QED) is 0.624. The van der Waals surface area contributed by atoms with Gasteiger partial charge >= 0.3 is 0 Å². The van der Waals surface area contributed by atoms with E-state index in [1.54, 1.807) is 18.2 Å². The number of benzene rings is 2. The predicted molar refractivity (Wildman–Crippen MR) is 118 cm³/mol. The van der Waals surface area contributed by atoms with Gasteiger partial charge in [0, 0.05) is 17.6 Å². The van der Waals surface area contributed by atoms with Crippen molar-refractivity contribution in [1.29, 1.82) is 0 Å². The van der Waals surface area contributed by atoms with E-state index < -0.39 is 15.9 Å². The highest BCUT2D eigenvalue weighted by Crippen LogP contribution is 2.30. The van der Waals surface area contributed by atoms with Gasteiger partial charge in [0.25, 0.3) is 5.91 Å². The first kappa shape index (κ1) is 22.6. The normalized spacial score (nSPS) is 15.3. The molecular formula is C21H25BrN2O5S. The molecule has 1 fully saturated rings. The van der Waals surface area contributed by atoms with Gasteiger partial charge in [-0.2, -0.15) is 4.31 Å². The van der Waals surface area contributed by atoms with Crippen molar-refractivity contribution in [2.24, 2.45) is 0 Å². The van der Waals surface area contributed by atoms with E-state index in [1.165, 1.54) is 23.5 Å². The Labute approximate surface area is 185 Å². The molecule has 0 unspecified atom stereocenters. The van der Waals surface area contributed by atoms with Crippen LogP contribution in [0.5, 0.6) is 11.5 Å². The largest absolute Gasteiger partial charge is 0.495 e. The summed E-state index contributed by atoms with van der Waals surface area (Å²) in [6.45, 7) is 0.808. The van der Waals surface area contributed by atoms with Crippen LogP contribution in [-0.4, -0.2) is 45.4 Å². The molecule has 7 nitrogen and oxygen atoms in total. The number of amides is 1. The van der Waals surface area contributed by atoms with Crippen molar-refractivity contribution in [2.45, 2.75) is 30.6 Å². The number of halogens is 1. The number of carbonyl (C=O) groups is 1. The van der Waals surface area contributed by atoms with E-state index in [4.69, 9.17) is 9.47 Å². The van der Waals surface area contributed by atoms with Crippen LogP contribution in [0.1, 0.15) is 25.7 Å². The van der Waals surface area contributed by atoms with Crippen LogP contribution in [-0.2, 0) is 14.8 Å². The third kappa shape index (κ3) is 5.74. The molecule has 1 heterocycles. The number of hydrogen-bond donors (Lipinski definition) is 1. The molecule has 0 spiro atoms. The number of sulfonamides is 1. The summed E-state index contributed by atoms with van der Waals surface area (Å²) in [6, 6.07) is 11.6. The first-order valence-electron chi connectivity index (χ1n) is 9.76. The van der Waals surface area contributed by atoms with Crippen molar-refractivity contribution in [3.63, 3.8) is 0 Å².